The molecular formula is C15H23NO3S. The van der Waals surface area contributed by atoms with E-state index in [9.17, 15) is 13.5 Å². The Morgan fingerprint density at radius 3 is 2.80 bits per heavy atom. The molecule has 0 amide bonds. The van der Waals surface area contributed by atoms with Crippen molar-refractivity contribution in [3.63, 3.8) is 0 Å². The molecule has 0 aliphatic heterocycles. The van der Waals surface area contributed by atoms with Gasteiger partial charge < -0.3 is 5.11 Å². The van der Waals surface area contributed by atoms with Crippen LogP contribution in [0.15, 0.2) is 29.2 Å². The van der Waals surface area contributed by atoms with Crippen molar-refractivity contribution in [3.8, 4) is 0 Å². The second-order valence-corrected chi connectivity index (χ2v) is 7.25. The summed E-state index contributed by atoms with van der Waals surface area (Å²) in [7, 11) is -3.46. The Kier molecular flexibility index (Phi) is 5.18. The number of nitrogens with one attached hydrogen (secondary N) is 1. The lowest BCUT2D eigenvalue weighted by atomic mass is 10.1. The van der Waals surface area contributed by atoms with Gasteiger partial charge in [0, 0.05) is 6.54 Å². The third kappa shape index (κ3) is 4.30. The lowest BCUT2D eigenvalue weighted by molar-refractivity contribution is 0.173. The number of aliphatic hydroxyl groups is 1. The molecule has 20 heavy (non-hydrogen) atoms. The van der Waals surface area contributed by atoms with Gasteiger partial charge >= 0.3 is 0 Å². The van der Waals surface area contributed by atoms with Crippen LogP contribution in [0, 0.1) is 5.92 Å². The van der Waals surface area contributed by atoms with Crippen molar-refractivity contribution >= 4 is 10.0 Å². The molecule has 5 heteroatoms. The Hall–Kier alpha value is -0.910. The van der Waals surface area contributed by atoms with Gasteiger partial charge in [0.15, 0.2) is 0 Å². The molecular weight excluding hydrogens is 274 g/mol. The fourth-order valence-electron chi connectivity index (χ4n) is 2.21. The quantitative estimate of drug-likeness (QED) is 0.725. The van der Waals surface area contributed by atoms with Gasteiger partial charge in [-0.05, 0) is 42.9 Å². The van der Waals surface area contributed by atoms with Crippen LogP contribution in [0.3, 0.4) is 0 Å². The SMILES string of the molecule is CCC(O)c1cccc(S(=O)(=O)NCCCC2CC2)c1. The average Bonchev–Trinajstić information content (AvgIpc) is 3.27. The summed E-state index contributed by atoms with van der Waals surface area (Å²) < 4.78 is 27.0. The summed E-state index contributed by atoms with van der Waals surface area (Å²) in [5.74, 6) is 0.822. The molecule has 0 spiro atoms. The topological polar surface area (TPSA) is 66.4 Å². The fourth-order valence-corrected chi connectivity index (χ4v) is 3.34. The monoisotopic (exact) mass is 297 g/mol. The summed E-state index contributed by atoms with van der Waals surface area (Å²) in [4.78, 5) is 0.230. The lowest BCUT2D eigenvalue weighted by Crippen LogP contribution is -2.25. The predicted octanol–water partition coefficient (Wildman–Crippen LogP) is 2.60. The molecule has 2 N–H and O–H groups in total. The van der Waals surface area contributed by atoms with Gasteiger partial charge in [-0.3, -0.25) is 0 Å². The first-order valence-corrected chi connectivity index (χ1v) is 8.79. The van der Waals surface area contributed by atoms with Crippen LogP contribution in [0.25, 0.3) is 0 Å². The van der Waals surface area contributed by atoms with E-state index >= 15 is 0 Å². The molecule has 0 aromatic heterocycles. The molecule has 2 rings (SSSR count). The Morgan fingerprint density at radius 2 is 2.15 bits per heavy atom. The number of rotatable bonds is 8. The van der Waals surface area contributed by atoms with Gasteiger partial charge in [-0.25, -0.2) is 13.1 Å². The lowest BCUT2D eigenvalue weighted by Gasteiger charge is -2.11. The first-order valence-electron chi connectivity index (χ1n) is 7.30. The molecule has 1 aliphatic carbocycles. The van der Waals surface area contributed by atoms with Crippen LogP contribution < -0.4 is 4.72 Å². The predicted molar refractivity (Wildman–Crippen MR) is 78.8 cm³/mol. The molecule has 112 valence electrons. The highest BCUT2D eigenvalue weighted by Gasteiger charge is 2.21. The van der Waals surface area contributed by atoms with Gasteiger partial charge in [-0.15, -0.1) is 0 Å². The standard InChI is InChI=1S/C15H23NO3S/c1-2-15(17)13-6-3-7-14(11-13)20(18,19)16-10-4-5-12-8-9-12/h3,6-7,11-12,15-17H,2,4-5,8-10H2,1H3. The molecule has 1 fully saturated rings. The number of sulfonamides is 1. The largest absolute Gasteiger partial charge is 0.388 e. The molecule has 1 aromatic rings. The van der Waals surface area contributed by atoms with Crippen LogP contribution in [0.2, 0.25) is 0 Å². The minimum atomic E-state index is -3.46. The van der Waals surface area contributed by atoms with E-state index in [-0.39, 0.29) is 4.90 Å². The third-order valence-corrected chi connectivity index (χ3v) is 5.18. The number of hydrogen-bond donors (Lipinski definition) is 2. The van der Waals surface area contributed by atoms with E-state index in [0.717, 1.165) is 18.8 Å². The van der Waals surface area contributed by atoms with Crippen molar-refractivity contribution in [2.45, 2.75) is 50.0 Å². The molecule has 4 nitrogen and oxygen atoms in total. The van der Waals surface area contributed by atoms with Crippen molar-refractivity contribution in [3.05, 3.63) is 29.8 Å². The minimum absolute atomic E-state index is 0.230. The van der Waals surface area contributed by atoms with E-state index in [2.05, 4.69) is 4.72 Å². The van der Waals surface area contributed by atoms with Crippen molar-refractivity contribution in [2.75, 3.05) is 6.54 Å². The smallest absolute Gasteiger partial charge is 0.240 e. The molecule has 0 saturated heterocycles. The zero-order valence-corrected chi connectivity index (χ0v) is 12.7. The number of hydrogen-bond acceptors (Lipinski definition) is 3. The second kappa shape index (κ2) is 6.70. The van der Waals surface area contributed by atoms with Gasteiger partial charge in [0.2, 0.25) is 10.0 Å². The van der Waals surface area contributed by atoms with Crippen LogP contribution >= 0.6 is 0 Å². The Morgan fingerprint density at radius 1 is 1.40 bits per heavy atom. The Bertz CT molecular complexity index is 538. The highest BCUT2D eigenvalue weighted by atomic mass is 32.2. The van der Waals surface area contributed by atoms with Crippen molar-refractivity contribution < 1.29 is 13.5 Å². The van der Waals surface area contributed by atoms with Crippen molar-refractivity contribution in [2.24, 2.45) is 5.92 Å². The van der Waals surface area contributed by atoms with Gasteiger partial charge in [-0.1, -0.05) is 31.9 Å². The molecule has 1 atom stereocenters. The van der Waals surface area contributed by atoms with E-state index in [4.69, 9.17) is 0 Å². The van der Waals surface area contributed by atoms with Crippen LogP contribution in [0.5, 0.6) is 0 Å². The first-order chi connectivity index (χ1) is 9.53. The summed E-state index contributed by atoms with van der Waals surface area (Å²) in [5.41, 5.74) is 0.647. The molecule has 1 saturated carbocycles. The van der Waals surface area contributed by atoms with Gasteiger partial charge in [0.05, 0.1) is 11.0 Å². The maximum absolute atomic E-state index is 12.2. The van der Waals surface area contributed by atoms with Crippen molar-refractivity contribution in [1.82, 2.24) is 4.72 Å². The van der Waals surface area contributed by atoms with E-state index in [1.807, 2.05) is 6.92 Å². The third-order valence-electron chi connectivity index (χ3n) is 3.72. The summed E-state index contributed by atoms with van der Waals surface area (Å²) >= 11 is 0. The van der Waals surface area contributed by atoms with Gasteiger partial charge in [0.25, 0.3) is 0 Å². The van der Waals surface area contributed by atoms with Crippen LogP contribution in [0.4, 0.5) is 0 Å². The van der Waals surface area contributed by atoms with E-state index in [1.165, 1.54) is 12.8 Å². The zero-order chi connectivity index (χ0) is 14.6. The molecule has 0 radical (unpaired) electrons. The normalized spacial score (nSPS) is 17.1. The van der Waals surface area contributed by atoms with E-state index in [0.29, 0.717) is 18.5 Å². The van der Waals surface area contributed by atoms with Crippen LogP contribution in [-0.2, 0) is 10.0 Å². The summed E-state index contributed by atoms with van der Waals surface area (Å²) in [6, 6.07) is 6.54. The zero-order valence-electron chi connectivity index (χ0n) is 11.9. The summed E-state index contributed by atoms with van der Waals surface area (Å²) in [5, 5.41) is 9.79. The van der Waals surface area contributed by atoms with Crippen LogP contribution in [0.1, 0.15) is 50.7 Å². The maximum Gasteiger partial charge on any atom is 0.240 e. The maximum atomic E-state index is 12.2. The Balaban J connectivity index is 1.96. The Labute approximate surface area is 121 Å². The highest BCUT2D eigenvalue weighted by molar-refractivity contribution is 7.89. The molecule has 1 unspecified atom stereocenters. The molecule has 0 heterocycles. The molecule has 1 aliphatic rings. The number of aliphatic hydroxyl groups excluding tert-OH is 1. The summed E-state index contributed by atoms with van der Waals surface area (Å²) in [6.07, 6.45) is 4.55. The number of benzene rings is 1. The van der Waals surface area contributed by atoms with E-state index < -0.39 is 16.1 Å². The summed E-state index contributed by atoms with van der Waals surface area (Å²) in [6.45, 7) is 2.35. The minimum Gasteiger partial charge on any atom is -0.388 e. The highest BCUT2D eigenvalue weighted by Crippen LogP contribution is 2.33. The second-order valence-electron chi connectivity index (χ2n) is 5.48. The molecule has 0 bridgehead atoms. The molecule has 1 aromatic carbocycles. The van der Waals surface area contributed by atoms with Crippen LogP contribution in [-0.4, -0.2) is 20.1 Å². The average molecular weight is 297 g/mol. The van der Waals surface area contributed by atoms with Crippen molar-refractivity contribution in [1.29, 1.82) is 0 Å². The van der Waals surface area contributed by atoms with E-state index in [1.54, 1.807) is 24.3 Å². The van der Waals surface area contributed by atoms with Gasteiger partial charge in [-0.2, -0.15) is 0 Å². The van der Waals surface area contributed by atoms with Gasteiger partial charge in [0.1, 0.15) is 0 Å². The fraction of sp³-hybridized carbons (Fsp3) is 0.600. The first kappa shape index (κ1) is 15.5.